The Morgan fingerprint density at radius 1 is 1.47 bits per heavy atom. The lowest BCUT2D eigenvalue weighted by Crippen LogP contribution is -2.49. The number of rotatable bonds is 2. The van der Waals surface area contributed by atoms with E-state index >= 15 is 0 Å². The summed E-state index contributed by atoms with van der Waals surface area (Å²) in [6.45, 7) is 0.501. The predicted octanol–water partition coefficient (Wildman–Crippen LogP) is 0.284. The van der Waals surface area contributed by atoms with Crippen molar-refractivity contribution in [2.24, 2.45) is 13.0 Å². The van der Waals surface area contributed by atoms with Gasteiger partial charge in [0.15, 0.2) is 0 Å². The van der Waals surface area contributed by atoms with Gasteiger partial charge in [0.2, 0.25) is 0 Å². The number of nitrogens with zero attached hydrogens (tertiary/aromatic N) is 4. The molecule has 0 aromatic carbocycles. The summed E-state index contributed by atoms with van der Waals surface area (Å²) in [5.41, 5.74) is 0.225. The number of carbonyl (C=O) groups excluding carboxylic acids is 1. The molecule has 1 aromatic heterocycles. The highest BCUT2D eigenvalue weighted by atomic mass is 16.4. The number of hydrogen-bond donors (Lipinski definition) is 1. The highest BCUT2D eigenvalue weighted by Gasteiger charge is 2.54. The molecule has 1 spiro atoms. The molecule has 3 rings (SSSR count). The Labute approximate surface area is 110 Å². The number of aliphatic carboxylic acids is 1. The van der Waals surface area contributed by atoms with E-state index in [-0.39, 0.29) is 17.4 Å². The van der Waals surface area contributed by atoms with Crippen LogP contribution < -0.4 is 0 Å². The fourth-order valence-electron chi connectivity index (χ4n) is 2.96. The van der Waals surface area contributed by atoms with Crippen molar-refractivity contribution in [3.63, 3.8) is 0 Å². The Kier molecular flexibility index (Phi) is 2.58. The average molecular weight is 264 g/mol. The molecule has 1 N–H and O–H groups in total. The van der Waals surface area contributed by atoms with E-state index in [1.807, 2.05) is 4.90 Å². The van der Waals surface area contributed by atoms with E-state index in [4.69, 9.17) is 5.11 Å². The van der Waals surface area contributed by atoms with Crippen molar-refractivity contribution in [3.8, 4) is 0 Å². The van der Waals surface area contributed by atoms with Crippen LogP contribution in [-0.2, 0) is 11.8 Å². The molecule has 1 amide bonds. The van der Waals surface area contributed by atoms with E-state index in [0.717, 1.165) is 12.8 Å². The third kappa shape index (κ3) is 1.89. The van der Waals surface area contributed by atoms with Crippen LogP contribution in [0.5, 0.6) is 0 Å². The van der Waals surface area contributed by atoms with Crippen molar-refractivity contribution >= 4 is 11.9 Å². The van der Waals surface area contributed by atoms with Crippen molar-refractivity contribution in [1.82, 2.24) is 19.9 Å². The summed E-state index contributed by atoms with van der Waals surface area (Å²) in [7, 11) is 1.68. The second-order valence-electron chi connectivity index (χ2n) is 5.45. The second-order valence-corrected chi connectivity index (χ2v) is 5.45. The summed E-state index contributed by atoms with van der Waals surface area (Å²) in [5.74, 6) is -1.16. The first-order valence-corrected chi connectivity index (χ1v) is 6.43. The number of likely N-dealkylation sites (tertiary alicyclic amines) is 1. The second kappa shape index (κ2) is 4.04. The van der Waals surface area contributed by atoms with Gasteiger partial charge in [0, 0.05) is 19.1 Å². The lowest BCUT2D eigenvalue weighted by atomic mass is 9.89. The van der Waals surface area contributed by atoms with E-state index < -0.39 is 5.97 Å². The summed E-state index contributed by atoms with van der Waals surface area (Å²) in [5, 5.41) is 16.6. The first-order chi connectivity index (χ1) is 9.03. The van der Waals surface area contributed by atoms with E-state index in [9.17, 15) is 9.59 Å². The standard InChI is InChI=1S/C12H16N4O3/c1-15-9(7-13-14-15)10(17)16-5-2-8(11(18)19)6-12(16)3-4-12/h7-8H,2-6H2,1H3,(H,18,19). The minimum absolute atomic E-state index is 0.0890. The summed E-state index contributed by atoms with van der Waals surface area (Å²) in [6.07, 6.45) is 4.34. The third-order valence-corrected chi connectivity index (χ3v) is 4.26. The molecule has 102 valence electrons. The number of aromatic nitrogens is 3. The monoisotopic (exact) mass is 264 g/mol. The van der Waals surface area contributed by atoms with Crippen LogP contribution in [0.25, 0.3) is 0 Å². The molecule has 1 saturated heterocycles. The Hall–Kier alpha value is -1.92. The van der Waals surface area contributed by atoms with Crippen molar-refractivity contribution in [2.75, 3.05) is 6.54 Å². The van der Waals surface area contributed by atoms with Crippen molar-refractivity contribution in [1.29, 1.82) is 0 Å². The van der Waals surface area contributed by atoms with Gasteiger partial charge in [-0.3, -0.25) is 9.59 Å². The Balaban J connectivity index is 1.81. The summed E-state index contributed by atoms with van der Waals surface area (Å²) in [6, 6.07) is 0. The minimum Gasteiger partial charge on any atom is -0.481 e. The number of piperidine rings is 1. The molecule has 1 aliphatic carbocycles. The Morgan fingerprint density at radius 2 is 2.21 bits per heavy atom. The number of carboxylic acid groups (broad SMARTS) is 1. The number of carboxylic acids is 1. The van der Waals surface area contributed by atoms with Crippen LogP contribution in [0, 0.1) is 5.92 Å². The number of hydrogen-bond acceptors (Lipinski definition) is 4. The Morgan fingerprint density at radius 3 is 2.74 bits per heavy atom. The molecule has 1 unspecified atom stereocenters. The quantitative estimate of drug-likeness (QED) is 0.829. The van der Waals surface area contributed by atoms with E-state index in [2.05, 4.69) is 10.3 Å². The molecule has 7 nitrogen and oxygen atoms in total. The van der Waals surface area contributed by atoms with Crippen LogP contribution in [-0.4, -0.2) is 49.0 Å². The first-order valence-electron chi connectivity index (χ1n) is 6.43. The summed E-state index contributed by atoms with van der Waals surface area (Å²) >= 11 is 0. The van der Waals surface area contributed by atoms with Crippen molar-refractivity contribution in [3.05, 3.63) is 11.9 Å². The molecule has 2 heterocycles. The molecule has 0 radical (unpaired) electrons. The smallest absolute Gasteiger partial charge is 0.306 e. The van der Waals surface area contributed by atoms with Crippen LogP contribution >= 0.6 is 0 Å². The maximum Gasteiger partial charge on any atom is 0.306 e. The minimum atomic E-state index is -0.749. The predicted molar refractivity (Wildman–Crippen MR) is 64.4 cm³/mol. The fraction of sp³-hybridized carbons (Fsp3) is 0.667. The largest absolute Gasteiger partial charge is 0.481 e. The molecule has 2 fully saturated rings. The molecule has 1 aliphatic heterocycles. The molecule has 2 aliphatic rings. The maximum absolute atomic E-state index is 12.5. The van der Waals surface area contributed by atoms with Gasteiger partial charge in [0.1, 0.15) is 5.69 Å². The molecular formula is C12H16N4O3. The highest BCUT2D eigenvalue weighted by Crippen LogP contribution is 2.50. The third-order valence-electron chi connectivity index (χ3n) is 4.26. The van der Waals surface area contributed by atoms with E-state index in [1.54, 1.807) is 7.05 Å². The average Bonchev–Trinajstić information content (AvgIpc) is 2.99. The van der Waals surface area contributed by atoms with Gasteiger partial charge >= 0.3 is 5.97 Å². The van der Waals surface area contributed by atoms with Crippen LogP contribution in [0.2, 0.25) is 0 Å². The summed E-state index contributed by atoms with van der Waals surface area (Å²) in [4.78, 5) is 25.4. The van der Waals surface area contributed by atoms with Gasteiger partial charge in [-0.25, -0.2) is 4.68 Å². The van der Waals surface area contributed by atoms with Gasteiger partial charge < -0.3 is 10.0 Å². The van der Waals surface area contributed by atoms with Gasteiger partial charge in [-0.05, 0) is 25.7 Å². The van der Waals surface area contributed by atoms with Gasteiger partial charge in [0.05, 0.1) is 12.1 Å². The lowest BCUT2D eigenvalue weighted by Gasteiger charge is -2.38. The van der Waals surface area contributed by atoms with E-state index in [1.165, 1.54) is 10.9 Å². The molecule has 1 atom stereocenters. The number of aryl methyl sites for hydroxylation is 1. The van der Waals surface area contributed by atoms with Crippen LogP contribution in [0.15, 0.2) is 6.20 Å². The normalized spacial score (nSPS) is 24.5. The molecule has 1 saturated carbocycles. The molecular weight excluding hydrogens is 248 g/mol. The zero-order valence-corrected chi connectivity index (χ0v) is 10.7. The SMILES string of the molecule is Cn1nncc1C(=O)N1CCC(C(=O)O)CC12CC2. The summed E-state index contributed by atoms with van der Waals surface area (Å²) < 4.78 is 1.46. The van der Waals surface area contributed by atoms with Gasteiger partial charge in [0.25, 0.3) is 5.91 Å². The lowest BCUT2D eigenvalue weighted by molar-refractivity contribution is -0.144. The van der Waals surface area contributed by atoms with Gasteiger partial charge in [-0.2, -0.15) is 0 Å². The zero-order valence-electron chi connectivity index (χ0n) is 10.7. The molecule has 1 aromatic rings. The number of amides is 1. The Bertz CT molecular complexity index is 535. The molecule has 0 bridgehead atoms. The van der Waals surface area contributed by atoms with Crippen molar-refractivity contribution < 1.29 is 14.7 Å². The van der Waals surface area contributed by atoms with Crippen LogP contribution in [0.1, 0.15) is 36.2 Å². The fourth-order valence-corrected chi connectivity index (χ4v) is 2.96. The zero-order chi connectivity index (χ0) is 13.6. The van der Waals surface area contributed by atoms with E-state index in [0.29, 0.717) is 25.1 Å². The van der Waals surface area contributed by atoms with Gasteiger partial charge in [-0.15, -0.1) is 5.10 Å². The highest BCUT2D eigenvalue weighted by molar-refractivity contribution is 5.93. The first kappa shape index (κ1) is 12.1. The number of carbonyl (C=O) groups is 2. The van der Waals surface area contributed by atoms with Gasteiger partial charge in [-0.1, -0.05) is 5.21 Å². The van der Waals surface area contributed by atoms with Crippen molar-refractivity contribution in [2.45, 2.75) is 31.2 Å². The topological polar surface area (TPSA) is 88.3 Å². The molecule has 7 heteroatoms. The van der Waals surface area contributed by atoms with Crippen LogP contribution in [0.4, 0.5) is 0 Å². The van der Waals surface area contributed by atoms with Crippen LogP contribution in [0.3, 0.4) is 0 Å². The maximum atomic E-state index is 12.5. The molecule has 19 heavy (non-hydrogen) atoms.